The molecule has 116 valence electrons. The molecular weight excluding hydrogens is 262 g/mol. The molecule has 21 heavy (non-hydrogen) atoms. The first-order valence-corrected chi connectivity index (χ1v) is 7.50. The molecule has 0 fully saturated rings. The highest BCUT2D eigenvalue weighted by Gasteiger charge is 2.21. The van der Waals surface area contributed by atoms with E-state index in [1.54, 1.807) is 18.5 Å². The largest absolute Gasteiger partial charge is 0.491 e. The fourth-order valence-corrected chi connectivity index (χ4v) is 2.00. The molecule has 0 spiro atoms. The Kier molecular flexibility index (Phi) is 7.62. The Morgan fingerprint density at radius 1 is 1.48 bits per heavy atom. The second-order valence-electron chi connectivity index (χ2n) is 5.36. The van der Waals surface area contributed by atoms with Gasteiger partial charge in [-0.2, -0.15) is 0 Å². The van der Waals surface area contributed by atoms with E-state index in [9.17, 15) is 5.11 Å². The van der Waals surface area contributed by atoms with Gasteiger partial charge in [-0.1, -0.05) is 37.3 Å². The first-order valence-electron chi connectivity index (χ1n) is 7.50. The molecule has 0 aromatic heterocycles. The molecule has 0 aliphatic heterocycles. The van der Waals surface area contributed by atoms with Crippen LogP contribution < -0.4 is 5.32 Å². The van der Waals surface area contributed by atoms with Crippen molar-refractivity contribution in [1.82, 2.24) is 5.32 Å². The first kappa shape index (κ1) is 17.3. The minimum Gasteiger partial charge on any atom is -0.491 e. The monoisotopic (exact) mass is 289 g/mol. The summed E-state index contributed by atoms with van der Waals surface area (Å²) in [7, 11) is 0. The average Bonchev–Trinajstić information content (AvgIpc) is 2.47. The summed E-state index contributed by atoms with van der Waals surface area (Å²) in [6.07, 6.45) is 19.1. The van der Waals surface area contributed by atoms with Gasteiger partial charge in [0, 0.05) is 12.3 Å². The number of allylic oxidation sites excluding steroid dienone is 4. The fourth-order valence-electron chi connectivity index (χ4n) is 2.00. The third-order valence-corrected chi connectivity index (χ3v) is 3.35. The number of hydrogen-bond donors (Lipinski definition) is 2. The second kappa shape index (κ2) is 9.24. The Morgan fingerprint density at radius 3 is 2.90 bits per heavy atom. The SMILES string of the molecule is C=CCC(/C=C/OC1(C)C=CC=CC1)C(O)N/C=C/CC. The maximum Gasteiger partial charge on any atom is 0.130 e. The zero-order chi connectivity index (χ0) is 15.6. The highest BCUT2D eigenvalue weighted by molar-refractivity contribution is 5.17. The molecule has 0 heterocycles. The van der Waals surface area contributed by atoms with Crippen molar-refractivity contribution >= 4 is 0 Å². The summed E-state index contributed by atoms with van der Waals surface area (Å²) in [6.45, 7) is 7.83. The van der Waals surface area contributed by atoms with Gasteiger partial charge in [0.2, 0.25) is 0 Å². The van der Waals surface area contributed by atoms with E-state index in [0.29, 0.717) is 6.42 Å². The van der Waals surface area contributed by atoms with Gasteiger partial charge in [0.1, 0.15) is 11.8 Å². The van der Waals surface area contributed by atoms with E-state index in [-0.39, 0.29) is 11.5 Å². The summed E-state index contributed by atoms with van der Waals surface area (Å²) >= 11 is 0. The number of aliphatic hydroxyl groups is 1. The summed E-state index contributed by atoms with van der Waals surface area (Å²) in [5.74, 6) is -0.0734. The van der Waals surface area contributed by atoms with E-state index in [2.05, 4.69) is 18.0 Å². The standard InChI is InChI=1S/C18H27NO2/c1-4-6-14-19-17(20)16(10-5-2)11-15-21-18(3)12-8-7-9-13-18/h5-9,11-12,14-17,19-20H,2,4,10,13H2,1,3H3/b14-6+,15-11+. The molecule has 3 heteroatoms. The lowest BCUT2D eigenvalue weighted by Gasteiger charge is -2.26. The van der Waals surface area contributed by atoms with Gasteiger partial charge in [-0.25, -0.2) is 0 Å². The molecule has 3 unspecified atom stereocenters. The van der Waals surface area contributed by atoms with Gasteiger partial charge in [0.05, 0.1) is 6.26 Å². The predicted molar refractivity (Wildman–Crippen MR) is 88.4 cm³/mol. The van der Waals surface area contributed by atoms with Crippen LogP contribution in [0.4, 0.5) is 0 Å². The highest BCUT2D eigenvalue weighted by atomic mass is 16.5. The Labute approximate surface area is 128 Å². The Balaban J connectivity index is 2.54. The van der Waals surface area contributed by atoms with Crippen molar-refractivity contribution in [1.29, 1.82) is 0 Å². The zero-order valence-corrected chi connectivity index (χ0v) is 13.0. The minimum atomic E-state index is -0.653. The quantitative estimate of drug-likeness (QED) is 0.385. The van der Waals surface area contributed by atoms with Crippen molar-refractivity contribution in [3.63, 3.8) is 0 Å². The van der Waals surface area contributed by atoms with E-state index in [1.165, 1.54) is 0 Å². The highest BCUT2D eigenvalue weighted by Crippen LogP contribution is 2.22. The van der Waals surface area contributed by atoms with Crippen molar-refractivity contribution < 1.29 is 9.84 Å². The number of aliphatic hydroxyl groups excluding tert-OH is 1. The second-order valence-corrected chi connectivity index (χ2v) is 5.36. The van der Waals surface area contributed by atoms with E-state index in [1.807, 2.05) is 44.2 Å². The molecule has 0 aromatic carbocycles. The maximum atomic E-state index is 10.1. The maximum absolute atomic E-state index is 10.1. The molecule has 0 bridgehead atoms. The van der Waals surface area contributed by atoms with Crippen molar-refractivity contribution in [3.05, 3.63) is 61.6 Å². The molecule has 0 saturated heterocycles. The lowest BCUT2D eigenvalue weighted by molar-refractivity contribution is 0.0799. The van der Waals surface area contributed by atoms with E-state index < -0.39 is 6.23 Å². The smallest absolute Gasteiger partial charge is 0.130 e. The van der Waals surface area contributed by atoms with Crippen LogP contribution in [0.1, 0.15) is 33.1 Å². The molecule has 0 aromatic rings. The van der Waals surface area contributed by atoms with Crippen molar-refractivity contribution in [3.8, 4) is 0 Å². The molecular formula is C18H27NO2. The van der Waals surface area contributed by atoms with Gasteiger partial charge in [0.25, 0.3) is 0 Å². The van der Waals surface area contributed by atoms with Crippen LogP contribution in [0.5, 0.6) is 0 Å². The predicted octanol–water partition coefficient (Wildman–Crippen LogP) is 3.82. The summed E-state index contributed by atoms with van der Waals surface area (Å²) in [6, 6.07) is 0. The number of nitrogens with one attached hydrogen (secondary N) is 1. The van der Waals surface area contributed by atoms with Crippen LogP contribution in [-0.4, -0.2) is 16.9 Å². The van der Waals surface area contributed by atoms with Gasteiger partial charge in [-0.05, 0) is 38.1 Å². The number of hydrogen-bond acceptors (Lipinski definition) is 3. The minimum absolute atomic E-state index is 0.0734. The van der Waals surface area contributed by atoms with Gasteiger partial charge < -0.3 is 15.2 Å². The fraction of sp³-hybridized carbons (Fsp3) is 0.444. The molecule has 1 rings (SSSR count). The molecule has 2 N–H and O–H groups in total. The normalized spacial score (nSPS) is 24.3. The lowest BCUT2D eigenvalue weighted by atomic mass is 9.97. The summed E-state index contributed by atoms with van der Waals surface area (Å²) < 4.78 is 5.81. The van der Waals surface area contributed by atoms with E-state index in [0.717, 1.165) is 12.8 Å². The lowest BCUT2D eigenvalue weighted by Crippen LogP contribution is -2.31. The van der Waals surface area contributed by atoms with Crippen LogP contribution in [0, 0.1) is 5.92 Å². The average molecular weight is 289 g/mol. The molecule has 0 amide bonds. The van der Waals surface area contributed by atoms with Crippen molar-refractivity contribution in [2.75, 3.05) is 0 Å². The number of rotatable bonds is 9. The molecule has 3 nitrogen and oxygen atoms in total. The van der Waals surface area contributed by atoms with Crippen molar-refractivity contribution in [2.45, 2.75) is 44.9 Å². The third kappa shape index (κ3) is 6.50. The summed E-state index contributed by atoms with van der Waals surface area (Å²) in [5, 5.41) is 13.1. The topological polar surface area (TPSA) is 41.5 Å². The van der Waals surface area contributed by atoms with Crippen LogP contribution in [0.2, 0.25) is 0 Å². The van der Waals surface area contributed by atoms with Crippen LogP contribution in [0.15, 0.2) is 61.6 Å². The molecule has 1 aliphatic rings. The molecule has 3 atom stereocenters. The van der Waals surface area contributed by atoms with Gasteiger partial charge in [-0.3, -0.25) is 0 Å². The zero-order valence-electron chi connectivity index (χ0n) is 13.0. The van der Waals surface area contributed by atoms with E-state index in [4.69, 9.17) is 4.74 Å². The Morgan fingerprint density at radius 2 is 2.29 bits per heavy atom. The van der Waals surface area contributed by atoms with Crippen LogP contribution >= 0.6 is 0 Å². The Hall–Kier alpha value is -1.74. The van der Waals surface area contributed by atoms with E-state index >= 15 is 0 Å². The third-order valence-electron chi connectivity index (χ3n) is 3.35. The van der Waals surface area contributed by atoms with Gasteiger partial charge in [-0.15, -0.1) is 6.58 Å². The summed E-state index contributed by atoms with van der Waals surface area (Å²) in [4.78, 5) is 0. The Bertz CT molecular complexity index is 423. The molecule has 1 aliphatic carbocycles. The van der Waals surface area contributed by atoms with Crippen LogP contribution in [0.3, 0.4) is 0 Å². The number of ether oxygens (including phenoxy) is 1. The van der Waals surface area contributed by atoms with Crippen LogP contribution in [-0.2, 0) is 4.74 Å². The van der Waals surface area contributed by atoms with Crippen molar-refractivity contribution in [2.24, 2.45) is 5.92 Å². The van der Waals surface area contributed by atoms with Gasteiger partial charge >= 0.3 is 0 Å². The summed E-state index contributed by atoms with van der Waals surface area (Å²) in [5.41, 5.74) is -0.301. The van der Waals surface area contributed by atoms with Gasteiger partial charge in [0.15, 0.2) is 0 Å². The first-order chi connectivity index (χ1) is 10.1. The molecule has 0 saturated carbocycles. The molecule has 0 radical (unpaired) electrons. The van der Waals surface area contributed by atoms with Crippen LogP contribution in [0.25, 0.3) is 0 Å².